The highest BCUT2D eigenvalue weighted by molar-refractivity contribution is 6.30. The molecular weight excluding hydrogens is 340 g/mol. The van der Waals surface area contributed by atoms with E-state index >= 15 is 0 Å². The molecule has 1 aromatic heterocycles. The fourth-order valence-electron chi connectivity index (χ4n) is 3.51. The lowest BCUT2D eigenvalue weighted by molar-refractivity contribution is 0.343. The lowest BCUT2D eigenvalue weighted by Gasteiger charge is -2.14. The second-order valence-electron chi connectivity index (χ2n) is 6.93. The molecule has 4 rings (SSSR count). The maximum atomic E-state index is 5.96. The SMILES string of the molecule is Clc1ccc(-c2ccc(-c3ccc(CCN4CCCC4)cc3)nc2)cc1. The van der Waals surface area contributed by atoms with Gasteiger partial charge < -0.3 is 4.90 Å². The number of nitrogens with zero attached hydrogens (tertiary/aromatic N) is 2. The Labute approximate surface area is 160 Å². The van der Waals surface area contributed by atoms with Crippen molar-refractivity contribution in [2.75, 3.05) is 19.6 Å². The van der Waals surface area contributed by atoms with Crippen molar-refractivity contribution in [2.45, 2.75) is 19.3 Å². The highest BCUT2D eigenvalue weighted by atomic mass is 35.5. The maximum Gasteiger partial charge on any atom is 0.0702 e. The summed E-state index contributed by atoms with van der Waals surface area (Å²) < 4.78 is 0. The Morgan fingerprint density at radius 3 is 2.08 bits per heavy atom. The third-order valence-corrected chi connectivity index (χ3v) is 5.36. The summed E-state index contributed by atoms with van der Waals surface area (Å²) in [4.78, 5) is 7.21. The van der Waals surface area contributed by atoms with Gasteiger partial charge >= 0.3 is 0 Å². The van der Waals surface area contributed by atoms with Crippen LogP contribution in [0.2, 0.25) is 5.02 Å². The summed E-state index contributed by atoms with van der Waals surface area (Å²) in [5, 5.41) is 0.753. The molecule has 132 valence electrons. The quantitative estimate of drug-likeness (QED) is 0.578. The molecule has 3 heteroatoms. The Morgan fingerprint density at radius 2 is 1.42 bits per heavy atom. The van der Waals surface area contributed by atoms with Crippen molar-refractivity contribution in [1.29, 1.82) is 0 Å². The molecule has 26 heavy (non-hydrogen) atoms. The van der Waals surface area contributed by atoms with E-state index in [1.54, 1.807) is 0 Å². The number of hydrogen-bond donors (Lipinski definition) is 0. The summed E-state index contributed by atoms with van der Waals surface area (Å²) in [5.74, 6) is 0. The molecule has 0 amide bonds. The van der Waals surface area contributed by atoms with Crippen LogP contribution in [0, 0.1) is 0 Å². The smallest absolute Gasteiger partial charge is 0.0702 e. The second kappa shape index (κ2) is 8.03. The fraction of sp³-hybridized carbons (Fsp3) is 0.261. The van der Waals surface area contributed by atoms with Crippen molar-refractivity contribution in [3.05, 3.63) is 77.4 Å². The van der Waals surface area contributed by atoms with Crippen molar-refractivity contribution in [3.63, 3.8) is 0 Å². The summed E-state index contributed by atoms with van der Waals surface area (Å²) in [6.07, 6.45) is 5.77. The number of hydrogen-bond acceptors (Lipinski definition) is 2. The van der Waals surface area contributed by atoms with Gasteiger partial charge in [-0.05, 0) is 61.7 Å². The molecule has 0 unspecified atom stereocenters. The summed E-state index contributed by atoms with van der Waals surface area (Å²) >= 11 is 5.96. The molecule has 1 saturated heterocycles. The number of halogens is 1. The minimum Gasteiger partial charge on any atom is -0.303 e. The first-order chi connectivity index (χ1) is 12.8. The fourth-order valence-corrected chi connectivity index (χ4v) is 3.64. The Bertz CT molecular complexity index is 833. The van der Waals surface area contributed by atoms with Crippen LogP contribution in [0.15, 0.2) is 66.9 Å². The van der Waals surface area contributed by atoms with E-state index in [9.17, 15) is 0 Å². The number of aromatic nitrogens is 1. The Balaban J connectivity index is 1.42. The van der Waals surface area contributed by atoms with Crippen LogP contribution in [0.3, 0.4) is 0 Å². The molecule has 0 spiro atoms. The molecule has 0 saturated carbocycles. The molecule has 2 aromatic carbocycles. The first kappa shape index (κ1) is 17.3. The molecule has 1 aliphatic heterocycles. The van der Waals surface area contributed by atoms with Gasteiger partial charge in [-0.1, -0.05) is 54.1 Å². The summed E-state index contributed by atoms with van der Waals surface area (Å²) in [5.41, 5.74) is 5.81. The molecule has 0 N–H and O–H groups in total. The van der Waals surface area contributed by atoms with Gasteiger partial charge in [-0.15, -0.1) is 0 Å². The van der Waals surface area contributed by atoms with Crippen molar-refractivity contribution in [3.8, 4) is 22.4 Å². The van der Waals surface area contributed by atoms with Crippen LogP contribution in [-0.4, -0.2) is 29.5 Å². The summed E-state index contributed by atoms with van der Waals surface area (Å²) in [6, 6.07) is 20.9. The minimum absolute atomic E-state index is 0.753. The first-order valence-electron chi connectivity index (χ1n) is 9.32. The Kier molecular flexibility index (Phi) is 5.33. The highest BCUT2D eigenvalue weighted by Crippen LogP contribution is 2.24. The van der Waals surface area contributed by atoms with Gasteiger partial charge in [-0.3, -0.25) is 4.98 Å². The number of rotatable bonds is 5. The van der Waals surface area contributed by atoms with Gasteiger partial charge in [-0.25, -0.2) is 0 Å². The Morgan fingerprint density at radius 1 is 0.769 bits per heavy atom. The van der Waals surface area contributed by atoms with Gasteiger partial charge in [0.2, 0.25) is 0 Å². The zero-order valence-corrected chi connectivity index (χ0v) is 15.6. The maximum absolute atomic E-state index is 5.96. The molecular formula is C23H23ClN2. The molecule has 1 aliphatic rings. The molecule has 0 aliphatic carbocycles. The van der Waals surface area contributed by atoms with E-state index in [0.717, 1.165) is 33.8 Å². The lowest BCUT2D eigenvalue weighted by Crippen LogP contribution is -2.21. The van der Waals surface area contributed by atoms with Gasteiger partial charge in [0.05, 0.1) is 5.69 Å². The molecule has 0 bridgehead atoms. The summed E-state index contributed by atoms with van der Waals surface area (Å²) in [6.45, 7) is 3.71. The predicted molar refractivity (Wildman–Crippen MR) is 109 cm³/mol. The molecule has 2 heterocycles. The van der Waals surface area contributed by atoms with Gasteiger partial charge in [-0.2, -0.15) is 0 Å². The van der Waals surface area contributed by atoms with E-state index in [1.807, 2.05) is 30.5 Å². The minimum atomic E-state index is 0.753. The van der Waals surface area contributed by atoms with Gasteiger partial charge in [0, 0.05) is 28.9 Å². The van der Waals surface area contributed by atoms with Crippen LogP contribution in [0.25, 0.3) is 22.4 Å². The van der Waals surface area contributed by atoms with E-state index < -0.39 is 0 Å². The summed E-state index contributed by atoms with van der Waals surface area (Å²) in [7, 11) is 0. The second-order valence-corrected chi connectivity index (χ2v) is 7.37. The average molecular weight is 363 g/mol. The van der Waals surface area contributed by atoms with E-state index in [1.165, 1.54) is 38.0 Å². The molecule has 1 fully saturated rings. The van der Waals surface area contributed by atoms with E-state index in [2.05, 4.69) is 46.3 Å². The van der Waals surface area contributed by atoms with Crippen molar-refractivity contribution >= 4 is 11.6 Å². The molecule has 0 atom stereocenters. The number of pyridine rings is 1. The molecule has 3 aromatic rings. The zero-order chi connectivity index (χ0) is 17.8. The third kappa shape index (κ3) is 4.14. The standard InChI is InChI=1S/C23H23ClN2/c24-22-10-7-19(8-11-22)21-9-12-23(25-17-21)20-5-3-18(4-6-20)13-16-26-14-1-2-15-26/h3-12,17H,1-2,13-16H2. The predicted octanol–water partition coefficient (Wildman–Crippen LogP) is 5.71. The highest BCUT2D eigenvalue weighted by Gasteiger charge is 2.10. The zero-order valence-electron chi connectivity index (χ0n) is 14.9. The van der Waals surface area contributed by atoms with Crippen molar-refractivity contribution in [1.82, 2.24) is 9.88 Å². The first-order valence-corrected chi connectivity index (χ1v) is 9.69. The average Bonchev–Trinajstić information content (AvgIpc) is 3.21. The van der Waals surface area contributed by atoms with E-state index in [0.29, 0.717) is 0 Å². The van der Waals surface area contributed by atoms with Crippen LogP contribution < -0.4 is 0 Å². The normalized spacial score (nSPS) is 14.7. The van der Waals surface area contributed by atoms with Crippen LogP contribution in [0.5, 0.6) is 0 Å². The van der Waals surface area contributed by atoms with Crippen LogP contribution >= 0.6 is 11.6 Å². The molecule has 2 nitrogen and oxygen atoms in total. The molecule has 0 radical (unpaired) electrons. The number of likely N-dealkylation sites (tertiary alicyclic amines) is 1. The van der Waals surface area contributed by atoms with Gasteiger partial charge in [0.25, 0.3) is 0 Å². The van der Waals surface area contributed by atoms with Crippen LogP contribution in [0.4, 0.5) is 0 Å². The van der Waals surface area contributed by atoms with Crippen molar-refractivity contribution in [2.24, 2.45) is 0 Å². The Hall–Kier alpha value is -2.16. The number of benzene rings is 2. The van der Waals surface area contributed by atoms with Crippen LogP contribution in [0.1, 0.15) is 18.4 Å². The lowest BCUT2D eigenvalue weighted by atomic mass is 10.0. The van der Waals surface area contributed by atoms with E-state index in [4.69, 9.17) is 11.6 Å². The third-order valence-electron chi connectivity index (χ3n) is 5.11. The van der Waals surface area contributed by atoms with Crippen LogP contribution in [-0.2, 0) is 6.42 Å². The van der Waals surface area contributed by atoms with Crippen molar-refractivity contribution < 1.29 is 0 Å². The monoisotopic (exact) mass is 362 g/mol. The topological polar surface area (TPSA) is 16.1 Å². The van der Waals surface area contributed by atoms with Gasteiger partial charge in [0.1, 0.15) is 0 Å². The largest absolute Gasteiger partial charge is 0.303 e. The van der Waals surface area contributed by atoms with Gasteiger partial charge in [0.15, 0.2) is 0 Å². The van der Waals surface area contributed by atoms with E-state index in [-0.39, 0.29) is 0 Å².